The molecule has 1 aromatic rings. The quantitative estimate of drug-likeness (QED) is 0.790. The van der Waals surface area contributed by atoms with E-state index in [2.05, 4.69) is 63.2 Å². The lowest BCUT2D eigenvalue weighted by Gasteiger charge is -2.15. The number of benzene rings is 1. The van der Waals surface area contributed by atoms with Gasteiger partial charge in [-0.25, -0.2) is 0 Å². The van der Waals surface area contributed by atoms with Gasteiger partial charge in [0.25, 0.3) is 0 Å². The summed E-state index contributed by atoms with van der Waals surface area (Å²) in [6.45, 7) is 4.20. The Bertz CT molecular complexity index is 371. The monoisotopic (exact) mass is 361 g/mol. The second kappa shape index (κ2) is 7.17. The van der Waals surface area contributed by atoms with Crippen LogP contribution in [0.1, 0.15) is 25.0 Å². The highest BCUT2D eigenvalue weighted by Crippen LogP contribution is 2.23. The maximum absolute atomic E-state index is 11.9. The molecular weight excluding hydrogens is 346 g/mol. The van der Waals surface area contributed by atoms with Crippen molar-refractivity contribution in [1.82, 2.24) is 0 Å². The first kappa shape index (κ1) is 14.7. The number of halogens is 2. The van der Waals surface area contributed by atoms with Gasteiger partial charge < -0.3 is 5.32 Å². The Morgan fingerprint density at radius 2 is 1.82 bits per heavy atom. The van der Waals surface area contributed by atoms with E-state index in [4.69, 9.17) is 0 Å². The maximum atomic E-state index is 11.9. The topological polar surface area (TPSA) is 29.1 Å². The van der Waals surface area contributed by atoms with E-state index in [1.807, 2.05) is 6.07 Å². The molecule has 17 heavy (non-hydrogen) atoms. The lowest BCUT2D eigenvalue weighted by molar-refractivity contribution is -0.115. The fraction of sp³-hybridized carbons (Fsp3) is 0.462. The Balaban J connectivity index is 2.99. The molecule has 0 heterocycles. The summed E-state index contributed by atoms with van der Waals surface area (Å²) in [4.78, 5) is 11.7. The lowest BCUT2D eigenvalue weighted by Crippen LogP contribution is -2.25. The Labute approximate surface area is 119 Å². The van der Waals surface area contributed by atoms with Crippen molar-refractivity contribution in [3.8, 4) is 0 Å². The van der Waals surface area contributed by atoms with Gasteiger partial charge in [0.1, 0.15) is 4.83 Å². The molecular formula is C13H17Br2NO. The zero-order valence-electron chi connectivity index (χ0n) is 10.1. The van der Waals surface area contributed by atoms with E-state index in [1.165, 1.54) is 11.1 Å². The van der Waals surface area contributed by atoms with Crippen molar-refractivity contribution in [2.24, 2.45) is 0 Å². The summed E-state index contributed by atoms with van der Waals surface area (Å²) < 4.78 is 0. The minimum absolute atomic E-state index is 0.00234. The molecule has 0 fully saturated rings. The van der Waals surface area contributed by atoms with E-state index >= 15 is 0 Å². The van der Waals surface area contributed by atoms with Gasteiger partial charge >= 0.3 is 0 Å². The van der Waals surface area contributed by atoms with Crippen LogP contribution in [0, 0.1) is 0 Å². The molecule has 0 bridgehead atoms. The van der Waals surface area contributed by atoms with Gasteiger partial charge in [-0.1, -0.05) is 63.9 Å². The Morgan fingerprint density at radius 1 is 1.29 bits per heavy atom. The molecule has 0 saturated carbocycles. The maximum Gasteiger partial charge on any atom is 0.239 e. The first-order chi connectivity index (χ1) is 8.13. The van der Waals surface area contributed by atoms with Crippen LogP contribution >= 0.6 is 31.9 Å². The van der Waals surface area contributed by atoms with E-state index in [0.717, 1.165) is 18.5 Å². The Kier molecular flexibility index (Phi) is 6.20. The van der Waals surface area contributed by atoms with E-state index in [0.29, 0.717) is 5.33 Å². The van der Waals surface area contributed by atoms with Crippen LogP contribution in [0.3, 0.4) is 0 Å². The molecule has 1 unspecified atom stereocenters. The molecule has 0 aliphatic heterocycles. The number of anilines is 1. The van der Waals surface area contributed by atoms with Crippen LogP contribution in [0.15, 0.2) is 18.2 Å². The van der Waals surface area contributed by atoms with Crippen LogP contribution < -0.4 is 5.32 Å². The smallest absolute Gasteiger partial charge is 0.239 e. The number of hydrogen-bond donors (Lipinski definition) is 1. The van der Waals surface area contributed by atoms with Gasteiger partial charge in [-0.3, -0.25) is 4.79 Å². The van der Waals surface area contributed by atoms with E-state index in [1.54, 1.807) is 0 Å². The van der Waals surface area contributed by atoms with Crippen LogP contribution in [0.25, 0.3) is 0 Å². The summed E-state index contributed by atoms with van der Waals surface area (Å²) >= 11 is 6.63. The van der Waals surface area contributed by atoms with Gasteiger partial charge in [0.2, 0.25) is 5.91 Å². The van der Waals surface area contributed by atoms with E-state index in [-0.39, 0.29) is 10.7 Å². The molecule has 1 atom stereocenters. The minimum Gasteiger partial charge on any atom is -0.325 e. The zero-order valence-corrected chi connectivity index (χ0v) is 13.3. The van der Waals surface area contributed by atoms with Crippen molar-refractivity contribution in [2.45, 2.75) is 31.5 Å². The number of aryl methyl sites for hydroxylation is 2. The average molecular weight is 363 g/mol. The zero-order chi connectivity index (χ0) is 12.8. The molecule has 1 aromatic carbocycles. The van der Waals surface area contributed by atoms with Gasteiger partial charge in [-0.05, 0) is 24.0 Å². The van der Waals surface area contributed by atoms with Crippen LogP contribution in [-0.4, -0.2) is 16.1 Å². The van der Waals surface area contributed by atoms with Crippen molar-refractivity contribution >= 4 is 43.5 Å². The molecule has 0 aromatic heterocycles. The molecule has 0 saturated heterocycles. The number of carbonyl (C=O) groups excluding carboxylic acids is 1. The number of para-hydroxylation sites is 1. The van der Waals surface area contributed by atoms with Crippen LogP contribution in [0.2, 0.25) is 0 Å². The first-order valence-electron chi connectivity index (χ1n) is 5.75. The highest BCUT2D eigenvalue weighted by Gasteiger charge is 2.16. The molecule has 1 rings (SSSR count). The summed E-state index contributed by atoms with van der Waals surface area (Å²) in [6, 6.07) is 6.17. The normalized spacial score (nSPS) is 12.2. The molecule has 2 nitrogen and oxygen atoms in total. The summed E-state index contributed by atoms with van der Waals surface area (Å²) in [6.07, 6.45) is 1.84. The second-order valence-electron chi connectivity index (χ2n) is 3.77. The van der Waals surface area contributed by atoms with E-state index < -0.39 is 0 Å². The second-order valence-corrected chi connectivity index (χ2v) is 5.52. The van der Waals surface area contributed by atoms with Gasteiger partial charge in [-0.15, -0.1) is 0 Å². The number of nitrogens with one attached hydrogen (secondary N) is 1. The van der Waals surface area contributed by atoms with Gasteiger partial charge in [0.05, 0.1) is 0 Å². The third kappa shape index (κ3) is 3.81. The summed E-state index contributed by atoms with van der Waals surface area (Å²) in [5.74, 6) is -0.00234. The van der Waals surface area contributed by atoms with Gasteiger partial charge in [-0.2, -0.15) is 0 Å². The molecule has 0 spiro atoms. The van der Waals surface area contributed by atoms with Gasteiger partial charge in [0.15, 0.2) is 0 Å². The number of carbonyl (C=O) groups is 1. The highest BCUT2D eigenvalue weighted by molar-refractivity contribution is 9.12. The predicted molar refractivity (Wildman–Crippen MR) is 80.3 cm³/mol. The summed E-state index contributed by atoms with van der Waals surface area (Å²) in [5.41, 5.74) is 3.35. The molecule has 0 aliphatic carbocycles. The van der Waals surface area contributed by atoms with Crippen molar-refractivity contribution < 1.29 is 4.79 Å². The Morgan fingerprint density at radius 3 is 2.24 bits per heavy atom. The SMILES string of the molecule is CCc1cccc(CC)c1NC(=O)C(Br)CBr. The van der Waals surface area contributed by atoms with Crippen molar-refractivity contribution in [1.29, 1.82) is 0 Å². The highest BCUT2D eigenvalue weighted by atomic mass is 79.9. The Hall–Kier alpha value is -0.350. The molecule has 1 N–H and O–H groups in total. The van der Waals surface area contributed by atoms with Crippen LogP contribution in [0.4, 0.5) is 5.69 Å². The number of hydrogen-bond acceptors (Lipinski definition) is 1. The van der Waals surface area contributed by atoms with Crippen LogP contribution in [0.5, 0.6) is 0 Å². The standard InChI is InChI=1S/C13H17Br2NO/c1-3-9-6-5-7-10(4-2)12(9)16-13(17)11(15)8-14/h5-7,11H,3-4,8H2,1-2H3,(H,16,17). The third-order valence-corrected chi connectivity index (χ3v) is 4.92. The minimum atomic E-state index is -0.197. The fourth-order valence-corrected chi connectivity index (χ4v) is 2.08. The third-order valence-electron chi connectivity index (χ3n) is 2.67. The molecule has 0 aliphatic rings. The predicted octanol–water partition coefficient (Wildman–Crippen LogP) is 3.91. The fourth-order valence-electron chi connectivity index (χ4n) is 1.67. The van der Waals surface area contributed by atoms with E-state index in [9.17, 15) is 4.79 Å². The average Bonchev–Trinajstić information content (AvgIpc) is 2.37. The molecule has 0 radical (unpaired) electrons. The summed E-state index contributed by atoms with van der Waals surface area (Å²) in [5, 5.41) is 3.62. The molecule has 1 amide bonds. The van der Waals surface area contributed by atoms with Crippen molar-refractivity contribution in [2.75, 3.05) is 10.6 Å². The number of rotatable bonds is 5. The van der Waals surface area contributed by atoms with Crippen molar-refractivity contribution in [3.63, 3.8) is 0 Å². The number of amides is 1. The largest absolute Gasteiger partial charge is 0.325 e. The summed E-state index contributed by atoms with van der Waals surface area (Å²) in [7, 11) is 0. The van der Waals surface area contributed by atoms with Crippen molar-refractivity contribution in [3.05, 3.63) is 29.3 Å². The molecule has 4 heteroatoms. The van der Waals surface area contributed by atoms with Gasteiger partial charge in [0, 0.05) is 11.0 Å². The first-order valence-corrected chi connectivity index (χ1v) is 7.79. The number of alkyl halides is 2. The lowest BCUT2D eigenvalue weighted by atomic mass is 10.0. The van der Waals surface area contributed by atoms with Crippen LogP contribution in [-0.2, 0) is 17.6 Å². The molecule has 94 valence electrons.